The van der Waals surface area contributed by atoms with Crippen molar-refractivity contribution in [2.45, 2.75) is 13.0 Å². The molecule has 2 aliphatic rings. The molecule has 1 aromatic carbocycles. The van der Waals surface area contributed by atoms with E-state index in [0.29, 0.717) is 12.0 Å². The molecule has 3 rings (SSSR count). The molecule has 0 amide bonds. The molecule has 0 N–H and O–H groups in total. The summed E-state index contributed by atoms with van der Waals surface area (Å²) in [5, 5.41) is 0. The van der Waals surface area contributed by atoms with Crippen molar-refractivity contribution in [3.05, 3.63) is 59.0 Å². The van der Waals surface area contributed by atoms with Crippen molar-refractivity contribution >= 4 is 33.3 Å². The molecule has 0 fully saturated rings. The van der Waals surface area contributed by atoms with E-state index < -0.39 is 0 Å². The number of allylic oxidation sites excluding steroid dienone is 3. The maximum absolute atomic E-state index is 4.61. The summed E-state index contributed by atoms with van der Waals surface area (Å²) in [6, 6.07) is 8.90. The normalized spacial score (nSPS) is 27.8. The Kier molecular flexibility index (Phi) is 3.09. The van der Waals surface area contributed by atoms with E-state index in [1.54, 1.807) is 0 Å². The van der Waals surface area contributed by atoms with Gasteiger partial charge in [-0.25, -0.2) is 0 Å². The third-order valence-electron chi connectivity index (χ3n) is 3.62. The number of para-hydroxylation sites is 1. The first-order valence-corrected chi connectivity index (χ1v) is 7.04. The fourth-order valence-electron chi connectivity index (χ4n) is 2.83. The molecule has 1 aliphatic carbocycles. The molecule has 18 heavy (non-hydrogen) atoms. The highest BCUT2D eigenvalue weighted by molar-refractivity contribution is 7.84. The summed E-state index contributed by atoms with van der Waals surface area (Å²) in [6.07, 6.45) is 8.78. The lowest BCUT2D eigenvalue weighted by molar-refractivity contribution is 0.688. The van der Waals surface area contributed by atoms with E-state index in [4.69, 9.17) is 0 Å². The lowest BCUT2D eigenvalue weighted by Gasteiger charge is -2.42. The van der Waals surface area contributed by atoms with Gasteiger partial charge in [0.15, 0.2) is 0 Å². The van der Waals surface area contributed by atoms with Crippen LogP contribution in [-0.2, 0) is 0 Å². The lowest BCUT2D eigenvalue weighted by atomic mass is 9.80. The van der Waals surface area contributed by atoms with Crippen molar-refractivity contribution in [2.24, 2.45) is 5.92 Å². The first kappa shape index (κ1) is 12.1. The van der Waals surface area contributed by atoms with Gasteiger partial charge in [-0.3, -0.25) is 0 Å². The molecule has 1 heterocycles. The molecule has 92 valence electrons. The standard InChI is InChI=1S/C15H16NPS/c1-10(18)15-11-6-2-4-8-13(11)16(17)14-9-5-3-7-12(14)15/h2-9,11,13,18H,17H2,1H3/b15-10-. The average Bonchev–Trinajstić information content (AvgIpc) is 2.39. The van der Waals surface area contributed by atoms with E-state index >= 15 is 0 Å². The minimum atomic E-state index is 0.368. The zero-order valence-corrected chi connectivity index (χ0v) is 12.3. The molecule has 1 aromatic rings. The van der Waals surface area contributed by atoms with E-state index in [-0.39, 0.29) is 0 Å². The maximum atomic E-state index is 4.61. The molecule has 0 saturated heterocycles. The number of thiol groups is 1. The molecular formula is C15H16NPS. The van der Waals surface area contributed by atoms with E-state index in [0.717, 1.165) is 4.91 Å². The van der Waals surface area contributed by atoms with Gasteiger partial charge in [0.1, 0.15) is 0 Å². The summed E-state index contributed by atoms with van der Waals surface area (Å²) >= 11 is 4.61. The summed E-state index contributed by atoms with van der Waals surface area (Å²) < 4.78 is 2.28. The Balaban J connectivity index is 2.25. The number of rotatable bonds is 0. The van der Waals surface area contributed by atoms with Crippen molar-refractivity contribution in [3.63, 3.8) is 0 Å². The summed E-state index contributed by atoms with van der Waals surface area (Å²) in [4.78, 5) is 1.11. The zero-order chi connectivity index (χ0) is 12.7. The molecule has 1 nitrogen and oxygen atoms in total. The van der Waals surface area contributed by atoms with Gasteiger partial charge in [0.25, 0.3) is 0 Å². The number of fused-ring (bicyclic) bond motifs is 2. The fourth-order valence-corrected chi connectivity index (χ4v) is 3.61. The number of nitrogens with zero attached hydrogens (tertiary/aromatic N) is 1. The third kappa shape index (κ3) is 1.75. The van der Waals surface area contributed by atoms with E-state index in [2.05, 4.69) is 82.2 Å². The Morgan fingerprint density at radius 1 is 1.22 bits per heavy atom. The highest BCUT2D eigenvalue weighted by Gasteiger charge is 2.34. The van der Waals surface area contributed by atoms with Crippen molar-refractivity contribution < 1.29 is 0 Å². The van der Waals surface area contributed by atoms with Gasteiger partial charge in [-0.1, -0.05) is 42.5 Å². The van der Waals surface area contributed by atoms with Crippen LogP contribution in [0.2, 0.25) is 0 Å². The van der Waals surface area contributed by atoms with Crippen LogP contribution >= 0.6 is 22.0 Å². The summed E-state index contributed by atoms with van der Waals surface area (Å²) in [5.74, 6) is 0.389. The Hall–Kier alpha value is -0.980. The topological polar surface area (TPSA) is 3.24 Å². The summed E-state index contributed by atoms with van der Waals surface area (Å²) in [6.45, 7) is 2.08. The zero-order valence-electron chi connectivity index (χ0n) is 10.2. The quantitative estimate of drug-likeness (QED) is 0.551. The smallest absolute Gasteiger partial charge is 0.0610 e. The Labute approximate surface area is 116 Å². The highest BCUT2D eigenvalue weighted by Crippen LogP contribution is 2.46. The summed E-state index contributed by atoms with van der Waals surface area (Å²) in [5.41, 5.74) is 3.89. The first-order valence-electron chi connectivity index (χ1n) is 6.08. The third-order valence-corrected chi connectivity index (χ3v) is 4.49. The number of benzene rings is 1. The minimum Gasteiger partial charge on any atom is -0.348 e. The lowest BCUT2D eigenvalue weighted by Crippen LogP contribution is -2.37. The van der Waals surface area contributed by atoms with E-state index in [1.165, 1.54) is 16.8 Å². The Bertz CT molecular complexity index is 570. The second-order valence-corrected chi connectivity index (χ2v) is 5.94. The highest BCUT2D eigenvalue weighted by atomic mass is 32.1. The molecule has 3 atom stereocenters. The van der Waals surface area contributed by atoms with Crippen LogP contribution < -0.4 is 4.67 Å². The molecule has 0 spiro atoms. The molecule has 0 bridgehead atoms. The number of hydrogen-bond donors (Lipinski definition) is 1. The van der Waals surface area contributed by atoms with Crippen LogP contribution in [0, 0.1) is 5.92 Å². The molecule has 3 heteroatoms. The van der Waals surface area contributed by atoms with E-state index in [1.807, 2.05) is 0 Å². The van der Waals surface area contributed by atoms with Crippen molar-refractivity contribution in [1.29, 1.82) is 0 Å². The Morgan fingerprint density at radius 3 is 2.72 bits per heavy atom. The fraction of sp³-hybridized carbons (Fsp3) is 0.200. The van der Waals surface area contributed by atoms with Gasteiger partial charge in [-0.15, -0.1) is 12.6 Å². The second kappa shape index (κ2) is 4.60. The predicted molar refractivity (Wildman–Crippen MR) is 85.8 cm³/mol. The molecule has 1 aliphatic heterocycles. The number of anilines is 1. The van der Waals surface area contributed by atoms with Crippen LogP contribution in [0.4, 0.5) is 5.69 Å². The first-order chi connectivity index (χ1) is 8.70. The number of hydrogen-bond acceptors (Lipinski definition) is 2. The van der Waals surface area contributed by atoms with Gasteiger partial charge in [-0.05, 0) is 32.9 Å². The van der Waals surface area contributed by atoms with E-state index in [9.17, 15) is 0 Å². The monoisotopic (exact) mass is 273 g/mol. The van der Waals surface area contributed by atoms with Gasteiger partial charge in [0.2, 0.25) is 0 Å². The van der Waals surface area contributed by atoms with Crippen LogP contribution in [0.15, 0.2) is 53.5 Å². The molecule has 0 saturated carbocycles. The van der Waals surface area contributed by atoms with Gasteiger partial charge >= 0.3 is 0 Å². The van der Waals surface area contributed by atoms with Crippen LogP contribution in [0.25, 0.3) is 5.57 Å². The van der Waals surface area contributed by atoms with Crippen molar-refractivity contribution in [1.82, 2.24) is 0 Å². The average molecular weight is 273 g/mol. The van der Waals surface area contributed by atoms with Crippen LogP contribution in [0.5, 0.6) is 0 Å². The SMILES string of the molecule is C/C(S)=C1/c2ccccc2N(P)C2C=CC=CC12. The largest absolute Gasteiger partial charge is 0.348 e. The van der Waals surface area contributed by atoms with Gasteiger partial charge in [-0.2, -0.15) is 0 Å². The van der Waals surface area contributed by atoms with Gasteiger partial charge in [0.05, 0.1) is 6.04 Å². The maximum Gasteiger partial charge on any atom is 0.0610 e. The predicted octanol–water partition coefficient (Wildman–Crippen LogP) is 4.07. The van der Waals surface area contributed by atoms with Crippen LogP contribution in [0.3, 0.4) is 0 Å². The van der Waals surface area contributed by atoms with Crippen LogP contribution in [0.1, 0.15) is 12.5 Å². The van der Waals surface area contributed by atoms with Crippen molar-refractivity contribution in [3.8, 4) is 0 Å². The molecule has 3 unspecified atom stereocenters. The molecular weight excluding hydrogens is 257 g/mol. The minimum absolute atomic E-state index is 0.368. The summed E-state index contributed by atoms with van der Waals surface area (Å²) in [7, 11) is 2.85. The van der Waals surface area contributed by atoms with Gasteiger partial charge in [0, 0.05) is 17.2 Å². The molecule has 0 aromatic heterocycles. The van der Waals surface area contributed by atoms with Crippen molar-refractivity contribution in [2.75, 3.05) is 4.67 Å². The molecule has 0 radical (unpaired) electrons. The van der Waals surface area contributed by atoms with Crippen LogP contribution in [-0.4, -0.2) is 6.04 Å². The second-order valence-electron chi connectivity index (χ2n) is 4.71. The van der Waals surface area contributed by atoms with Gasteiger partial charge < -0.3 is 4.67 Å². The Morgan fingerprint density at radius 2 is 1.94 bits per heavy atom.